The molecule has 0 aliphatic rings. The standard InChI is InChI=1S/C16H24ClNO4S/c1-10(2)22-15-11(7-12(17)8-14(15)21-3)9-18-13(16(19)20)5-6-23-4/h7-8,10,13,18H,5-6,9H2,1-4H3,(H,19,20). The highest BCUT2D eigenvalue weighted by Gasteiger charge is 2.19. The van der Waals surface area contributed by atoms with Gasteiger partial charge >= 0.3 is 5.97 Å². The third kappa shape index (κ3) is 6.49. The number of benzene rings is 1. The lowest BCUT2D eigenvalue weighted by atomic mass is 10.1. The molecule has 0 fully saturated rings. The van der Waals surface area contributed by atoms with Crippen molar-refractivity contribution in [3.8, 4) is 11.5 Å². The van der Waals surface area contributed by atoms with E-state index in [1.54, 1.807) is 31.0 Å². The SMILES string of the molecule is COc1cc(Cl)cc(CNC(CCSC)C(=O)O)c1OC(C)C. The highest BCUT2D eigenvalue weighted by molar-refractivity contribution is 7.98. The molecule has 5 nitrogen and oxygen atoms in total. The van der Waals surface area contributed by atoms with E-state index in [-0.39, 0.29) is 6.10 Å². The molecule has 1 aromatic rings. The third-order valence-electron chi connectivity index (χ3n) is 3.12. The number of halogens is 1. The molecule has 130 valence electrons. The zero-order valence-corrected chi connectivity index (χ0v) is 15.5. The molecule has 0 bridgehead atoms. The molecule has 1 unspecified atom stereocenters. The molecule has 0 heterocycles. The summed E-state index contributed by atoms with van der Waals surface area (Å²) >= 11 is 7.74. The molecular formula is C16H24ClNO4S. The van der Waals surface area contributed by atoms with Crippen molar-refractivity contribution in [2.24, 2.45) is 0 Å². The Bertz CT molecular complexity index is 525. The molecule has 0 saturated heterocycles. The van der Waals surface area contributed by atoms with Crippen molar-refractivity contribution in [1.82, 2.24) is 5.32 Å². The largest absolute Gasteiger partial charge is 0.493 e. The molecule has 0 saturated carbocycles. The van der Waals surface area contributed by atoms with E-state index in [0.29, 0.717) is 29.5 Å². The van der Waals surface area contributed by atoms with Gasteiger partial charge in [-0.15, -0.1) is 0 Å². The van der Waals surface area contributed by atoms with Gasteiger partial charge in [-0.25, -0.2) is 0 Å². The second-order valence-electron chi connectivity index (χ2n) is 5.32. The van der Waals surface area contributed by atoms with Gasteiger partial charge in [0.1, 0.15) is 6.04 Å². The van der Waals surface area contributed by atoms with Crippen LogP contribution in [0.3, 0.4) is 0 Å². The van der Waals surface area contributed by atoms with Gasteiger partial charge in [0.2, 0.25) is 0 Å². The molecule has 0 aromatic heterocycles. The number of nitrogens with one attached hydrogen (secondary N) is 1. The number of carboxylic acids is 1. The second-order valence-corrected chi connectivity index (χ2v) is 6.74. The third-order valence-corrected chi connectivity index (χ3v) is 3.98. The van der Waals surface area contributed by atoms with Crippen LogP contribution in [0.2, 0.25) is 5.02 Å². The van der Waals surface area contributed by atoms with E-state index in [9.17, 15) is 9.90 Å². The summed E-state index contributed by atoms with van der Waals surface area (Å²) in [6, 6.07) is 2.84. The van der Waals surface area contributed by atoms with Crippen LogP contribution < -0.4 is 14.8 Å². The Hall–Kier alpha value is -1.11. The first kappa shape index (κ1) is 19.9. The molecule has 1 rings (SSSR count). The van der Waals surface area contributed by atoms with E-state index in [4.69, 9.17) is 21.1 Å². The molecular weight excluding hydrogens is 338 g/mol. The lowest BCUT2D eigenvalue weighted by molar-refractivity contribution is -0.139. The minimum absolute atomic E-state index is 0.0319. The fourth-order valence-corrected chi connectivity index (χ4v) is 2.76. The summed E-state index contributed by atoms with van der Waals surface area (Å²) in [7, 11) is 1.55. The van der Waals surface area contributed by atoms with Crippen LogP contribution in [-0.2, 0) is 11.3 Å². The van der Waals surface area contributed by atoms with E-state index in [1.807, 2.05) is 20.1 Å². The Labute approximate surface area is 146 Å². The van der Waals surface area contributed by atoms with Crippen molar-refractivity contribution < 1.29 is 19.4 Å². The molecule has 1 atom stereocenters. The molecule has 23 heavy (non-hydrogen) atoms. The number of hydrogen-bond donors (Lipinski definition) is 2. The molecule has 7 heteroatoms. The van der Waals surface area contributed by atoms with Crippen molar-refractivity contribution in [2.75, 3.05) is 19.1 Å². The van der Waals surface area contributed by atoms with E-state index in [1.165, 1.54) is 0 Å². The molecule has 0 radical (unpaired) electrons. The van der Waals surface area contributed by atoms with Crippen molar-refractivity contribution in [3.63, 3.8) is 0 Å². The van der Waals surface area contributed by atoms with Crippen LogP contribution in [0.15, 0.2) is 12.1 Å². The first-order valence-electron chi connectivity index (χ1n) is 7.37. The van der Waals surface area contributed by atoms with Crippen molar-refractivity contribution >= 4 is 29.3 Å². The topological polar surface area (TPSA) is 67.8 Å². The molecule has 1 aromatic carbocycles. The summed E-state index contributed by atoms with van der Waals surface area (Å²) in [6.45, 7) is 4.18. The number of hydrogen-bond acceptors (Lipinski definition) is 5. The predicted octanol–water partition coefficient (Wildman–Crippen LogP) is 3.43. The lowest BCUT2D eigenvalue weighted by Gasteiger charge is -2.20. The first-order valence-corrected chi connectivity index (χ1v) is 9.14. The van der Waals surface area contributed by atoms with E-state index < -0.39 is 12.0 Å². The zero-order valence-electron chi connectivity index (χ0n) is 13.9. The summed E-state index contributed by atoms with van der Waals surface area (Å²) in [4.78, 5) is 11.3. The highest BCUT2D eigenvalue weighted by Crippen LogP contribution is 2.35. The van der Waals surface area contributed by atoms with Gasteiger partial charge in [0.25, 0.3) is 0 Å². The number of carbonyl (C=O) groups is 1. The Kier molecular flexibility index (Phi) is 8.58. The van der Waals surface area contributed by atoms with Crippen LogP contribution >= 0.6 is 23.4 Å². The maximum Gasteiger partial charge on any atom is 0.320 e. The second kappa shape index (κ2) is 9.90. The summed E-state index contributed by atoms with van der Waals surface area (Å²) < 4.78 is 11.2. The fraction of sp³-hybridized carbons (Fsp3) is 0.562. The Balaban J connectivity index is 2.96. The Morgan fingerprint density at radius 3 is 2.65 bits per heavy atom. The highest BCUT2D eigenvalue weighted by atomic mass is 35.5. The van der Waals surface area contributed by atoms with Gasteiger partial charge in [0, 0.05) is 23.2 Å². The van der Waals surface area contributed by atoms with Gasteiger partial charge in [-0.05, 0) is 38.3 Å². The Morgan fingerprint density at radius 1 is 1.43 bits per heavy atom. The summed E-state index contributed by atoms with van der Waals surface area (Å²) in [6.07, 6.45) is 2.47. The van der Waals surface area contributed by atoms with Gasteiger partial charge in [-0.2, -0.15) is 11.8 Å². The van der Waals surface area contributed by atoms with Gasteiger partial charge in [0.15, 0.2) is 11.5 Å². The van der Waals surface area contributed by atoms with Gasteiger partial charge in [0.05, 0.1) is 13.2 Å². The fourth-order valence-electron chi connectivity index (χ4n) is 2.06. The maximum atomic E-state index is 11.3. The molecule has 0 spiro atoms. The summed E-state index contributed by atoms with van der Waals surface area (Å²) in [5.41, 5.74) is 0.776. The number of carboxylic acid groups (broad SMARTS) is 1. The van der Waals surface area contributed by atoms with Gasteiger partial charge in [-0.3, -0.25) is 4.79 Å². The molecule has 0 aliphatic heterocycles. The number of rotatable bonds is 10. The smallest absolute Gasteiger partial charge is 0.320 e. The average Bonchev–Trinajstić information content (AvgIpc) is 2.48. The normalized spacial score (nSPS) is 12.3. The van der Waals surface area contributed by atoms with Crippen molar-refractivity contribution in [1.29, 1.82) is 0 Å². The quantitative estimate of drug-likeness (QED) is 0.665. The van der Waals surface area contributed by atoms with E-state index in [0.717, 1.165) is 11.3 Å². The van der Waals surface area contributed by atoms with Crippen LogP contribution in [0, 0.1) is 0 Å². The van der Waals surface area contributed by atoms with Crippen LogP contribution in [-0.4, -0.2) is 42.3 Å². The summed E-state index contributed by atoms with van der Waals surface area (Å²) in [5.74, 6) is 1.05. The van der Waals surface area contributed by atoms with E-state index in [2.05, 4.69) is 5.32 Å². The Morgan fingerprint density at radius 2 is 2.13 bits per heavy atom. The lowest BCUT2D eigenvalue weighted by Crippen LogP contribution is -2.36. The molecule has 0 aliphatic carbocycles. The van der Waals surface area contributed by atoms with Crippen molar-refractivity contribution in [2.45, 2.75) is 39.0 Å². The molecule has 0 amide bonds. The van der Waals surface area contributed by atoms with Gasteiger partial charge in [-0.1, -0.05) is 11.6 Å². The van der Waals surface area contributed by atoms with Crippen LogP contribution in [0.1, 0.15) is 25.8 Å². The summed E-state index contributed by atoms with van der Waals surface area (Å²) in [5, 5.41) is 12.9. The van der Waals surface area contributed by atoms with Gasteiger partial charge < -0.3 is 19.9 Å². The van der Waals surface area contributed by atoms with Crippen LogP contribution in [0.25, 0.3) is 0 Å². The average molecular weight is 362 g/mol. The zero-order chi connectivity index (χ0) is 17.4. The first-order chi connectivity index (χ1) is 10.9. The van der Waals surface area contributed by atoms with E-state index >= 15 is 0 Å². The van der Waals surface area contributed by atoms with Crippen LogP contribution in [0.5, 0.6) is 11.5 Å². The maximum absolute atomic E-state index is 11.3. The monoisotopic (exact) mass is 361 g/mol. The minimum Gasteiger partial charge on any atom is -0.493 e. The number of thioether (sulfide) groups is 1. The minimum atomic E-state index is -0.862. The van der Waals surface area contributed by atoms with Crippen LogP contribution in [0.4, 0.5) is 0 Å². The number of ether oxygens (including phenoxy) is 2. The number of aliphatic carboxylic acids is 1. The predicted molar refractivity (Wildman–Crippen MR) is 95.0 cm³/mol. The number of methoxy groups -OCH3 is 1. The van der Waals surface area contributed by atoms with Crippen molar-refractivity contribution in [3.05, 3.63) is 22.7 Å². The molecule has 2 N–H and O–H groups in total.